The predicted molar refractivity (Wildman–Crippen MR) is 117 cm³/mol. The number of esters is 3. The van der Waals surface area contributed by atoms with E-state index in [0.29, 0.717) is 12.8 Å². The molecule has 3 N–H and O–H groups in total. The quantitative estimate of drug-likeness (QED) is 0.138. The van der Waals surface area contributed by atoms with E-state index >= 15 is 0 Å². The number of aliphatic hydroxyl groups excluding tert-OH is 3. The molecule has 0 saturated carbocycles. The van der Waals surface area contributed by atoms with Gasteiger partial charge in [-0.1, -0.05) is 45.8 Å². The first-order valence-corrected chi connectivity index (χ1v) is 10.6. The van der Waals surface area contributed by atoms with Crippen molar-refractivity contribution in [2.45, 2.75) is 71.7 Å². The van der Waals surface area contributed by atoms with E-state index in [-0.39, 0.29) is 35.1 Å². The van der Waals surface area contributed by atoms with Crippen LogP contribution in [0.3, 0.4) is 0 Å². The van der Waals surface area contributed by atoms with Gasteiger partial charge in [0.05, 0.1) is 19.6 Å². The van der Waals surface area contributed by atoms with Gasteiger partial charge in [0.2, 0.25) is 0 Å². The van der Waals surface area contributed by atoms with Crippen LogP contribution in [0.5, 0.6) is 0 Å². The third kappa shape index (κ3) is 10.2. The number of aliphatic hydroxyl groups is 3. The van der Waals surface area contributed by atoms with Crippen LogP contribution in [0.15, 0.2) is 35.5 Å². The minimum atomic E-state index is -2.41. The number of hydrogen-bond donors (Lipinski definition) is 3. The maximum Gasteiger partial charge on any atom is 0.424 e. The van der Waals surface area contributed by atoms with Gasteiger partial charge < -0.3 is 29.5 Å². The molecule has 32 heavy (non-hydrogen) atoms. The molecule has 0 fully saturated rings. The third-order valence-corrected chi connectivity index (χ3v) is 4.44. The zero-order chi connectivity index (χ0) is 24.7. The third-order valence-electron chi connectivity index (χ3n) is 4.44. The molecule has 0 aliphatic rings. The van der Waals surface area contributed by atoms with Crippen LogP contribution in [0.4, 0.5) is 0 Å². The second-order valence-corrected chi connectivity index (χ2v) is 7.45. The molecule has 0 rings (SSSR count). The zero-order valence-electron chi connectivity index (χ0n) is 19.3. The summed E-state index contributed by atoms with van der Waals surface area (Å²) in [7, 11) is 0. The minimum Gasteiger partial charge on any atom is -0.396 e. The molecule has 0 saturated heterocycles. The molecule has 0 heterocycles. The summed E-state index contributed by atoms with van der Waals surface area (Å²) in [5.41, 5.74) is -0.329. The Bertz CT molecular complexity index is 672. The van der Waals surface area contributed by atoms with Crippen molar-refractivity contribution in [2.75, 3.05) is 19.8 Å². The summed E-state index contributed by atoms with van der Waals surface area (Å²) < 4.78 is 16.0. The Labute approximate surface area is 189 Å². The van der Waals surface area contributed by atoms with Gasteiger partial charge in [-0.05, 0) is 25.8 Å². The van der Waals surface area contributed by atoms with E-state index in [1.54, 1.807) is 0 Å². The van der Waals surface area contributed by atoms with Crippen molar-refractivity contribution >= 4 is 17.9 Å². The summed E-state index contributed by atoms with van der Waals surface area (Å²) >= 11 is 0. The van der Waals surface area contributed by atoms with Gasteiger partial charge in [-0.15, -0.1) is 0 Å². The van der Waals surface area contributed by atoms with Crippen molar-refractivity contribution in [1.29, 1.82) is 0 Å². The molecule has 0 bridgehead atoms. The monoisotopic (exact) mass is 456 g/mol. The number of hydrogen-bond acceptors (Lipinski definition) is 9. The van der Waals surface area contributed by atoms with Gasteiger partial charge in [0, 0.05) is 29.7 Å². The molecule has 0 aliphatic carbocycles. The fraction of sp³-hybridized carbons (Fsp3) is 0.609. The van der Waals surface area contributed by atoms with Crippen molar-refractivity contribution < 1.29 is 43.9 Å². The highest BCUT2D eigenvalue weighted by molar-refractivity contribution is 5.91. The van der Waals surface area contributed by atoms with Crippen LogP contribution in [-0.4, -0.2) is 59.0 Å². The molecule has 0 aromatic rings. The Morgan fingerprint density at radius 1 is 0.781 bits per heavy atom. The summed E-state index contributed by atoms with van der Waals surface area (Å²) in [5.74, 6) is -5.42. The molecular weight excluding hydrogens is 420 g/mol. The van der Waals surface area contributed by atoms with E-state index in [0.717, 1.165) is 19.3 Å². The van der Waals surface area contributed by atoms with Crippen molar-refractivity contribution in [3.05, 3.63) is 35.5 Å². The minimum absolute atomic E-state index is 0.0136. The maximum atomic E-state index is 12.9. The Kier molecular flexibility index (Phi) is 14.1. The standard InChI is InChI=1S/C23H36O9/c1-6-7-8-9-10-12-23(30-20(27)16(2)3,31-21(28)17(4)5)32-22(29)19(11-13-24)18(14-25)15-26/h24-26H,2,4,6-15H2,1,3,5H3. The van der Waals surface area contributed by atoms with Crippen LogP contribution in [0.2, 0.25) is 0 Å². The summed E-state index contributed by atoms with van der Waals surface area (Å²) in [5, 5.41) is 28.1. The summed E-state index contributed by atoms with van der Waals surface area (Å²) in [6.07, 6.45) is 3.54. The summed E-state index contributed by atoms with van der Waals surface area (Å²) in [6.45, 7) is 9.98. The highest BCUT2D eigenvalue weighted by Crippen LogP contribution is 2.29. The van der Waals surface area contributed by atoms with Gasteiger partial charge in [0.25, 0.3) is 0 Å². The van der Waals surface area contributed by atoms with Crippen molar-refractivity contribution in [3.63, 3.8) is 0 Å². The number of unbranched alkanes of at least 4 members (excludes halogenated alkanes) is 4. The molecule has 182 valence electrons. The maximum absolute atomic E-state index is 12.9. The van der Waals surface area contributed by atoms with Gasteiger partial charge in [0.1, 0.15) is 0 Å². The van der Waals surface area contributed by atoms with E-state index in [2.05, 4.69) is 13.2 Å². The lowest BCUT2D eigenvalue weighted by Crippen LogP contribution is -2.45. The largest absolute Gasteiger partial charge is 0.424 e. The SMILES string of the molecule is C=C(C)C(=O)OC(CCCCCCC)(OC(=O)C(=C)C)OC(=O)C(CCO)=C(CO)CO. The molecule has 9 heteroatoms. The van der Waals surface area contributed by atoms with E-state index in [1.165, 1.54) is 13.8 Å². The molecule has 0 atom stereocenters. The second kappa shape index (κ2) is 15.3. The molecular formula is C23H36O9. The molecule has 9 nitrogen and oxygen atoms in total. The van der Waals surface area contributed by atoms with E-state index in [4.69, 9.17) is 14.2 Å². The number of carbonyl (C=O) groups excluding carboxylic acids is 3. The van der Waals surface area contributed by atoms with Crippen LogP contribution < -0.4 is 0 Å². The van der Waals surface area contributed by atoms with E-state index in [1.807, 2.05) is 6.92 Å². The van der Waals surface area contributed by atoms with Crippen LogP contribution in [0, 0.1) is 0 Å². The molecule has 0 radical (unpaired) electrons. The molecule has 0 spiro atoms. The molecule has 0 unspecified atom stereocenters. The van der Waals surface area contributed by atoms with E-state index in [9.17, 15) is 29.7 Å². The highest BCUT2D eigenvalue weighted by Gasteiger charge is 2.44. The number of carbonyl (C=O) groups is 3. The summed E-state index contributed by atoms with van der Waals surface area (Å²) in [6, 6.07) is 0. The lowest BCUT2D eigenvalue weighted by atomic mass is 10.1. The molecule has 0 aromatic heterocycles. The molecule has 0 aromatic carbocycles. The van der Waals surface area contributed by atoms with Crippen molar-refractivity contribution in [3.8, 4) is 0 Å². The van der Waals surface area contributed by atoms with Gasteiger partial charge in [-0.3, -0.25) is 0 Å². The fourth-order valence-corrected chi connectivity index (χ4v) is 2.60. The first-order chi connectivity index (χ1) is 15.1. The normalized spacial score (nSPS) is 10.8. The Morgan fingerprint density at radius 2 is 1.25 bits per heavy atom. The molecule has 0 amide bonds. The topological polar surface area (TPSA) is 140 Å². The zero-order valence-corrected chi connectivity index (χ0v) is 19.3. The second-order valence-electron chi connectivity index (χ2n) is 7.45. The average molecular weight is 457 g/mol. The average Bonchev–Trinajstić information content (AvgIpc) is 2.73. The number of ether oxygens (including phenoxy) is 3. The first-order valence-electron chi connectivity index (χ1n) is 10.6. The summed E-state index contributed by atoms with van der Waals surface area (Å²) in [4.78, 5) is 37.5. The van der Waals surface area contributed by atoms with Crippen LogP contribution in [0.25, 0.3) is 0 Å². The number of rotatable bonds is 16. The van der Waals surface area contributed by atoms with Crippen LogP contribution >= 0.6 is 0 Å². The highest BCUT2D eigenvalue weighted by atomic mass is 16.9. The van der Waals surface area contributed by atoms with Crippen LogP contribution in [0.1, 0.15) is 65.7 Å². The lowest BCUT2D eigenvalue weighted by molar-refractivity contribution is -0.328. The van der Waals surface area contributed by atoms with Crippen molar-refractivity contribution in [2.24, 2.45) is 0 Å². The van der Waals surface area contributed by atoms with Gasteiger partial charge >= 0.3 is 23.9 Å². The lowest BCUT2D eigenvalue weighted by Gasteiger charge is -2.32. The predicted octanol–water partition coefficient (Wildman–Crippen LogP) is 2.45. The molecule has 0 aliphatic heterocycles. The fourth-order valence-electron chi connectivity index (χ4n) is 2.60. The first kappa shape index (κ1) is 29.5. The smallest absolute Gasteiger partial charge is 0.396 e. The van der Waals surface area contributed by atoms with E-state index < -0.39 is 43.7 Å². The Balaban J connectivity index is 6.16. The van der Waals surface area contributed by atoms with Crippen molar-refractivity contribution in [1.82, 2.24) is 0 Å². The van der Waals surface area contributed by atoms with Gasteiger partial charge in [0.15, 0.2) is 0 Å². The Morgan fingerprint density at radius 3 is 1.66 bits per heavy atom. The van der Waals surface area contributed by atoms with Crippen LogP contribution in [-0.2, 0) is 28.6 Å². The van der Waals surface area contributed by atoms with Gasteiger partial charge in [-0.2, -0.15) is 0 Å². The van der Waals surface area contributed by atoms with Gasteiger partial charge in [-0.25, -0.2) is 14.4 Å². The Hall–Kier alpha value is -2.49.